The van der Waals surface area contributed by atoms with Gasteiger partial charge in [0.15, 0.2) is 0 Å². The van der Waals surface area contributed by atoms with E-state index < -0.39 is 11.4 Å². The van der Waals surface area contributed by atoms with Crippen LogP contribution in [0.5, 0.6) is 0 Å². The van der Waals surface area contributed by atoms with Crippen molar-refractivity contribution < 1.29 is 19.4 Å². The predicted octanol–water partition coefficient (Wildman–Crippen LogP) is 2.44. The van der Waals surface area contributed by atoms with Crippen molar-refractivity contribution in [3.63, 3.8) is 0 Å². The van der Waals surface area contributed by atoms with E-state index in [4.69, 9.17) is 4.74 Å². The molecule has 1 aliphatic carbocycles. The van der Waals surface area contributed by atoms with Gasteiger partial charge in [0.05, 0.1) is 24.2 Å². The van der Waals surface area contributed by atoms with Gasteiger partial charge in [-0.05, 0) is 26.2 Å². The number of nitrogens with zero attached hydrogens (tertiary/aromatic N) is 1. The van der Waals surface area contributed by atoms with E-state index in [2.05, 4.69) is 0 Å². The maximum absolute atomic E-state index is 12.7. The molecular weight excluding hydrogens is 270 g/mol. The Bertz CT molecular complexity index is 390. The highest BCUT2D eigenvalue weighted by molar-refractivity contribution is 5.85. The molecular formula is C16H27NO4. The van der Waals surface area contributed by atoms with E-state index in [0.717, 1.165) is 25.7 Å². The lowest BCUT2D eigenvalue weighted by atomic mass is 9.71. The Morgan fingerprint density at radius 2 is 1.95 bits per heavy atom. The van der Waals surface area contributed by atoms with E-state index in [-0.39, 0.29) is 24.5 Å². The molecule has 1 saturated heterocycles. The smallest absolute Gasteiger partial charge is 0.310 e. The lowest BCUT2D eigenvalue weighted by Crippen LogP contribution is -2.53. The molecule has 0 spiro atoms. The molecule has 5 nitrogen and oxygen atoms in total. The number of carboxylic acids is 1. The molecule has 1 aliphatic heterocycles. The fraction of sp³-hybridized carbons (Fsp3) is 0.875. The Kier molecular flexibility index (Phi) is 5.25. The molecule has 0 radical (unpaired) electrons. The summed E-state index contributed by atoms with van der Waals surface area (Å²) < 4.78 is 5.61. The maximum Gasteiger partial charge on any atom is 0.310 e. The molecule has 2 aliphatic rings. The molecule has 120 valence electrons. The average Bonchev–Trinajstić information content (AvgIpc) is 2.48. The van der Waals surface area contributed by atoms with Crippen molar-refractivity contribution in [2.75, 3.05) is 13.2 Å². The van der Waals surface area contributed by atoms with Gasteiger partial charge >= 0.3 is 5.97 Å². The van der Waals surface area contributed by atoms with Gasteiger partial charge in [0, 0.05) is 13.0 Å². The third-order valence-corrected chi connectivity index (χ3v) is 5.01. The molecule has 2 rings (SSSR count). The Morgan fingerprint density at radius 1 is 1.29 bits per heavy atom. The fourth-order valence-electron chi connectivity index (χ4n) is 3.57. The predicted molar refractivity (Wildman–Crippen MR) is 79.0 cm³/mol. The van der Waals surface area contributed by atoms with E-state index in [1.807, 2.05) is 18.7 Å². The van der Waals surface area contributed by atoms with Crippen molar-refractivity contribution >= 4 is 11.9 Å². The molecule has 2 atom stereocenters. The fourth-order valence-corrected chi connectivity index (χ4v) is 3.57. The highest BCUT2D eigenvalue weighted by Crippen LogP contribution is 2.40. The number of hydrogen-bond acceptors (Lipinski definition) is 3. The summed E-state index contributed by atoms with van der Waals surface area (Å²) >= 11 is 0. The van der Waals surface area contributed by atoms with Crippen LogP contribution in [-0.4, -0.2) is 47.2 Å². The van der Waals surface area contributed by atoms with Gasteiger partial charge in [-0.25, -0.2) is 0 Å². The summed E-state index contributed by atoms with van der Waals surface area (Å²) in [6.45, 7) is 5.13. The second-order valence-corrected chi connectivity index (χ2v) is 6.58. The Morgan fingerprint density at radius 3 is 2.52 bits per heavy atom. The number of ether oxygens (including phenoxy) is 1. The molecule has 0 aromatic rings. The standard InChI is InChI=1S/C16H27NO4/c1-3-13-11-21-12(2)10-17(13)14(18)9-16(15(19)20)7-5-4-6-8-16/h12-13H,3-11H2,1-2H3,(H,19,20). The number of carbonyl (C=O) groups is 2. The minimum absolute atomic E-state index is 0.0127. The lowest BCUT2D eigenvalue weighted by Gasteiger charge is -2.41. The molecule has 1 N–H and O–H groups in total. The summed E-state index contributed by atoms with van der Waals surface area (Å²) in [6.07, 6.45) is 5.19. The van der Waals surface area contributed by atoms with Gasteiger partial charge in [-0.15, -0.1) is 0 Å². The molecule has 21 heavy (non-hydrogen) atoms. The normalized spacial score (nSPS) is 29.1. The zero-order chi connectivity index (χ0) is 15.5. The molecule has 0 aromatic carbocycles. The summed E-state index contributed by atoms with van der Waals surface area (Å²) in [4.78, 5) is 26.3. The van der Waals surface area contributed by atoms with E-state index in [1.54, 1.807) is 0 Å². The number of carboxylic acid groups (broad SMARTS) is 1. The minimum atomic E-state index is -0.838. The van der Waals surface area contributed by atoms with Crippen LogP contribution in [0.15, 0.2) is 0 Å². The summed E-state index contributed by atoms with van der Waals surface area (Å²) in [7, 11) is 0. The first-order valence-electron chi connectivity index (χ1n) is 8.13. The van der Waals surface area contributed by atoms with Gasteiger partial charge in [-0.2, -0.15) is 0 Å². The van der Waals surface area contributed by atoms with Crippen LogP contribution in [0.3, 0.4) is 0 Å². The number of morpholine rings is 1. The van der Waals surface area contributed by atoms with Gasteiger partial charge in [-0.3, -0.25) is 9.59 Å². The van der Waals surface area contributed by atoms with Crippen molar-refractivity contribution in [3.8, 4) is 0 Å². The summed E-state index contributed by atoms with van der Waals surface area (Å²) in [5, 5.41) is 9.62. The zero-order valence-electron chi connectivity index (χ0n) is 13.1. The van der Waals surface area contributed by atoms with Crippen LogP contribution in [-0.2, 0) is 14.3 Å². The highest BCUT2D eigenvalue weighted by Gasteiger charge is 2.43. The monoisotopic (exact) mass is 297 g/mol. The van der Waals surface area contributed by atoms with E-state index in [0.29, 0.717) is 26.0 Å². The number of aliphatic carboxylic acids is 1. The summed E-state index contributed by atoms with van der Waals surface area (Å²) in [6, 6.07) is 0.0862. The van der Waals surface area contributed by atoms with Gasteiger partial charge in [0.2, 0.25) is 5.91 Å². The van der Waals surface area contributed by atoms with Crippen molar-refractivity contribution in [2.45, 2.75) is 70.9 Å². The highest BCUT2D eigenvalue weighted by atomic mass is 16.5. The zero-order valence-corrected chi connectivity index (χ0v) is 13.1. The molecule has 0 bridgehead atoms. The quantitative estimate of drug-likeness (QED) is 0.865. The largest absolute Gasteiger partial charge is 0.481 e. The van der Waals surface area contributed by atoms with Crippen LogP contribution in [0.25, 0.3) is 0 Å². The molecule has 2 unspecified atom stereocenters. The first-order chi connectivity index (χ1) is 9.98. The minimum Gasteiger partial charge on any atom is -0.481 e. The van der Waals surface area contributed by atoms with Crippen LogP contribution >= 0.6 is 0 Å². The van der Waals surface area contributed by atoms with Crippen LogP contribution in [0, 0.1) is 5.41 Å². The maximum atomic E-state index is 12.7. The first kappa shape index (κ1) is 16.3. The molecule has 0 aromatic heterocycles. The van der Waals surface area contributed by atoms with Crippen molar-refractivity contribution in [1.29, 1.82) is 0 Å². The third kappa shape index (κ3) is 3.57. The molecule has 1 amide bonds. The van der Waals surface area contributed by atoms with E-state index in [9.17, 15) is 14.7 Å². The van der Waals surface area contributed by atoms with Gasteiger partial charge < -0.3 is 14.7 Å². The SMILES string of the molecule is CCC1COC(C)CN1C(=O)CC1(C(=O)O)CCCCC1. The number of hydrogen-bond donors (Lipinski definition) is 1. The molecule has 1 heterocycles. The van der Waals surface area contributed by atoms with E-state index in [1.165, 1.54) is 0 Å². The topological polar surface area (TPSA) is 66.8 Å². The van der Waals surface area contributed by atoms with Gasteiger partial charge in [0.1, 0.15) is 0 Å². The Hall–Kier alpha value is -1.10. The van der Waals surface area contributed by atoms with Crippen LogP contribution in [0.1, 0.15) is 58.8 Å². The lowest BCUT2D eigenvalue weighted by molar-refractivity contribution is -0.159. The summed E-state index contributed by atoms with van der Waals surface area (Å²) in [5.74, 6) is -0.814. The Labute approximate surface area is 126 Å². The van der Waals surface area contributed by atoms with Gasteiger partial charge in [0.25, 0.3) is 0 Å². The van der Waals surface area contributed by atoms with Crippen molar-refractivity contribution in [2.24, 2.45) is 5.41 Å². The third-order valence-electron chi connectivity index (χ3n) is 5.01. The van der Waals surface area contributed by atoms with Crippen molar-refractivity contribution in [3.05, 3.63) is 0 Å². The average molecular weight is 297 g/mol. The molecule has 5 heteroatoms. The Balaban J connectivity index is 2.08. The summed E-state index contributed by atoms with van der Waals surface area (Å²) in [5.41, 5.74) is -0.838. The van der Waals surface area contributed by atoms with Crippen LogP contribution in [0.2, 0.25) is 0 Å². The molecule has 1 saturated carbocycles. The number of carbonyl (C=O) groups excluding carboxylic acids is 1. The second kappa shape index (κ2) is 6.77. The first-order valence-corrected chi connectivity index (χ1v) is 8.13. The second-order valence-electron chi connectivity index (χ2n) is 6.58. The molecule has 2 fully saturated rings. The van der Waals surface area contributed by atoms with E-state index >= 15 is 0 Å². The van der Waals surface area contributed by atoms with Gasteiger partial charge in [-0.1, -0.05) is 26.2 Å². The number of rotatable bonds is 4. The van der Waals surface area contributed by atoms with Crippen LogP contribution < -0.4 is 0 Å². The van der Waals surface area contributed by atoms with Crippen molar-refractivity contribution in [1.82, 2.24) is 4.90 Å². The number of amides is 1. The van der Waals surface area contributed by atoms with Crippen LogP contribution in [0.4, 0.5) is 0 Å².